The second kappa shape index (κ2) is 9.36. The van der Waals surface area contributed by atoms with Crippen LogP contribution in [0.1, 0.15) is 33.1 Å². The van der Waals surface area contributed by atoms with E-state index in [4.69, 9.17) is 9.73 Å². The summed E-state index contributed by atoms with van der Waals surface area (Å²) in [5.74, 6) is 2.31. The number of guanidine groups is 1. The van der Waals surface area contributed by atoms with Crippen LogP contribution in [0.25, 0.3) is 0 Å². The number of aliphatic imine (C=N–C) groups is 1. The van der Waals surface area contributed by atoms with Crippen LogP contribution in [0.3, 0.4) is 0 Å². The molecule has 0 amide bonds. The Balaban J connectivity index is 1.79. The minimum Gasteiger partial charge on any atom is -0.381 e. The van der Waals surface area contributed by atoms with Gasteiger partial charge in [-0.3, -0.25) is 4.99 Å². The molecule has 5 heteroatoms. The van der Waals surface area contributed by atoms with Gasteiger partial charge < -0.3 is 19.9 Å². The number of likely N-dealkylation sites (tertiary alicyclic amines) is 1. The van der Waals surface area contributed by atoms with Crippen molar-refractivity contribution in [2.45, 2.75) is 33.1 Å². The Bertz CT molecular complexity index is 336. The van der Waals surface area contributed by atoms with Gasteiger partial charge in [-0.15, -0.1) is 0 Å². The minimum atomic E-state index is 0.620. The third-order valence-electron chi connectivity index (χ3n) is 4.57. The van der Waals surface area contributed by atoms with Crippen molar-refractivity contribution in [2.24, 2.45) is 16.8 Å². The molecule has 0 aromatic carbocycles. The molecular weight excluding hydrogens is 276 g/mol. The molecule has 0 aliphatic carbocycles. The predicted molar refractivity (Wildman–Crippen MR) is 92.4 cm³/mol. The van der Waals surface area contributed by atoms with Crippen molar-refractivity contribution >= 4 is 5.96 Å². The van der Waals surface area contributed by atoms with Crippen LogP contribution >= 0.6 is 0 Å². The molecular formula is C17H34N4O. The number of ether oxygens (including phenoxy) is 1. The van der Waals surface area contributed by atoms with E-state index in [1.54, 1.807) is 0 Å². The van der Waals surface area contributed by atoms with Crippen LogP contribution in [0.15, 0.2) is 4.99 Å². The highest BCUT2D eigenvalue weighted by atomic mass is 16.5. The van der Waals surface area contributed by atoms with Crippen molar-refractivity contribution < 1.29 is 4.74 Å². The van der Waals surface area contributed by atoms with Gasteiger partial charge in [0.05, 0.1) is 6.61 Å². The Morgan fingerprint density at radius 3 is 2.82 bits per heavy atom. The van der Waals surface area contributed by atoms with E-state index in [0.717, 1.165) is 38.8 Å². The number of nitrogens with one attached hydrogen (secondary N) is 1. The lowest BCUT2D eigenvalue weighted by Gasteiger charge is -2.25. The summed E-state index contributed by atoms with van der Waals surface area (Å²) >= 11 is 0. The third-order valence-corrected chi connectivity index (χ3v) is 4.57. The highest BCUT2D eigenvalue weighted by Gasteiger charge is 2.19. The van der Waals surface area contributed by atoms with Crippen molar-refractivity contribution in [3.8, 4) is 0 Å². The van der Waals surface area contributed by atoms with Crippen LogP contribution < -0.4 is 5.32 Å². The van der Waals surface area contributed by atoms with E-state index in [2.05, 4.69) is 36.0 Å². The molecule has 0 aromatic heterocycles. The largest absolute Gasteiger partial charge is 0.381 e. The van der Waals surface area contributed by atoms with Crippen LogP contribution in [0, 0.1) is 11.8 Å². The maximum atomic E-state index is 5.48. The monoisotopic (exact) mass is 310 g/mol. The zero-order valence-corrected chi connectivity index (χ0v) is 14.7. The van der Waals surface area contributed by atoms with Crippen LogP contribution in [-0.2, 0) is 4.74 Å². The molecule has 2 heterocycles. The quantitative estimate of drug-likeness (QED) is 0.573. The number of hydrogen-bond acceptors (Lipinski definition) is 3. The fourth-order valence-electron chi connectivity index (χ4n) is 3.38. The average molecular weight is 310 g/mol. The molecule has 5 nitrogen and oxygen atoms in total. The number of rotatable bonds is 7. The Hall–Kier alpha value is -0.810. The standard InChI is InChI=1S/C17H34N4O/c1-4-18-17(20(3)13-16-7-10-22-14-16)19-11-15(2)12-21-8-5-6-9-21/h15-16H,4-14H2,1-3H3,(H,18,19). The van der Waals surface area contributed by atoms with Gasteiger partial charge in [-0.1, -0.05) is 6.92 Å². The van der Waals surface area contributed by atoms with Crippen molar-refractivity contribution in [1.82, 2.24) is 15.1 Å². The first kappa shape index (κ1) is 17.5. The van der Waals surface area contributed by atoms with Crippen molar-refractivity contribution in [3.63, 3.8) is 0 Å². The van der Waals surface area contributed by atoms with Gasteiger partial charge in [0.2, 0.25) is 0 Å². The molecule has 2 aliphatic heterocycles. The Kier molecular flexibility index (Phi) is 7.46. The van der Waals surface area contributed by atoms with E-state index in [-0.39, 0.29) is 0 Å². The SMILES string of the molecule is CCNC(=NCC(C)CN1CCCC1)N(C)CC1CCOC1. The molecule has 0 saturated carbocycles. The topological polar surface area (TPSA) is 40.1 Å². The number of nitrogens with zero attached hydrogens (tertiary/aromatic N) is 3. The summed E-state index contributed by atoms with van der Waals surface area (Å²) in [6.45, 7) is 12.9. The summed E-state index contributed by atoms with van der Waals surface area (Å²) in [5.41, 5.74) is 0. The van der Waals surface area contributed by atoms with Gasteiger partial charge >= 0.3 is 0 Å². The van der Waals surface area contributed by atoms with Crippen LogP contribution in [0.4, 0.5) is 0 Å². The van der Waals surface area contributed by atoms with Gasteiger partial charge in [0.25, 0.3) is 0 Å². The highest BCUT2D eigenvalue weighted by molar-refractivity contribution is 5.79. The van der Waals surface area contributed by atoms with E-state index < -0.39 is 0 Å². The normalized spacial score (nSPS) is 24.7. The molecule has 2 aliphatic rings. The summed E-state index contributed by atoms with van der Waals surface area (Å²) in [6, 6.07) is 0. The zero-order chi connectivity index (χ0) is 15.8. The summed E-state index contributed by atoms with van der Waals surface area (Å²) in [4.78, 5) is 9.71. The van der Waals surface area contributed by atoms with Gasteiger partial charge in [0.1, 0.15) is 0 Å². The lowest BCUT2D eigenvalue weighted by Crippen LogP contribution is -2.42. The first-order chi connectivity index (χ1) is 10.7. The molecule has 2 unspecified atom stereocenters. The third kappa shape index (κ3) is 5.76. The zero-order valence-electron chi connectivity index (χ0n) is 14.7. The lowest BCUT2D eigenvalue weighted by atomic mass is 10.1. The summed E-state index contributed by atoms with van der Waals surface area (Å²) in [6.07, 6.45) is 3.91. The minimum absolute atomic E-state index is 0.620. The molecule has 0 aromatic rings. The van der Waals surface area contributed by atoms with E-state index in [0.29, 0.717) is 11.8 Å². The molecule has 0 spiro atoms. The second-order valence-corrected chi connectivity index (χ2v) is 6.92. The fourth-order valence-corrected chi connectivity index (χ4v) is 3.38. The molecule has 2 rings (SSSR count). The maximum absolute atomic E-state index is 5.48. The highest BCUT2D eigenvalue weighted by Crippen LogP contribution is 2.14. The molecule has 2 fully saturated rings. The second-order valence-electron chi connectivity index (χ2n) is 6.92. The summed E-state index contributed by atoms with van der Waals surface area (Å²) in [7, 11) is 2.14. The van der Waals surface area contributed by atoms with Gasteiger partial charge in [0.15, 0.2) is 5.96 Å². The average Bonchev–Trinajstić information content (AvgIpc) is 3.17. The van der Waals surface area contributed by atoms with Crippen LogP contribution in [0.2, 0.25) is 0 Å². The van der Waals surface area contributed by atoms with Gasteiger partial charge in [0, 0.05) is 45.8 Å². The van der Waals surface area contributed by atoms with Gasteiger partial charge in [-0.25, -0.2) is 0 Å². The Labute approximate surface area is 136 Å². The van der Waals surface area contributed by atoms with Crippen molar-refractivity contribution in [2.75, 3.05) is 59.5 Å². The lowest BCUT2D eigenvalue weighted by molar-refractivity contribution is 0.181. The van der Waals surface area contributed by atoms with Crippen molar-refractivity contribution in [1.29, 1.82) is 0 Å². The van der Waals surface area contributed by atoms with Gasteiger partial charge in [-0.2, -0.15) is 0 Å². The Morgan fingerprint density at radius 1 is 1.41 bits per heavy atom. The summed E-state index contributed by atoms with van der Waals surface area (Å²) in [5, 5.41) is 3.43. The Morgan fingerprint density at radius 2 is 2.18 bits per heavy atom. The molecule has 2 saturated heterocycles. The van der Waals surface area contributed by atoms with E-state index in [9.17, 15) is 0 Å². The van der Waals surface area contributed by atoms with E-state index in [1.165, 1.54) is 38.9 Å². The van der Waals surface area contributed by atoms with Crippen molar-refractivity contribution in [3.05, 3.63) is 0 Å². The maximum Gasteiger partial charge on any atom is 0.193 e. The first-order valence-electron chi connectivity index (χ1n) is 8.98. The smallest absolute Gasteiger partial charge is 0.193 e. The van der Waals surface area contributed by atoms with E-state index >= 15 is 0 Å². The molecule has 128 valence electrons. The van der Waals surface area contributed by atoms with Gasteiger partial charge in [-0.05, 0) is 45.2 Å². The molecule has 22 heavy (non-hydrogen) atoms. The number of hydrogen-bond donors (Lipinski definition) is 1. The molecule has 2 atom stereocenters. The molecule has 1 N–H and O–H groups in total. The molecule has 0 radical (unpaired) electrons. The van der Waals surface area contributed by atoms with Crippen LogP contribution in [0.5, 0.6) is 0 Å². The predicted octanol–water partition coefficient (Wildman–Crippen LogP) is 1.65. The van der Waals surface area contributed by atoms with E-state index in [1.807, 2.05) is 0 Å². The molecule has 0 bridgehead atoms. The van der Waals surface area contributed by atoms with Crippen LogP contribution in [-0.4, -0.2) is 75.3 Å². The fraction of sp³-hybridized carbons (Fsp3) is 0.941. The summed E-state index contributed by atoms with van der Waals surface area (Å²) < 4.78 is 5.48. The first-order valence-corrected chi connectivity index (χ1v) is 8.98.